The Morgan fingerprint density at radius 1 is 1.00 bits per heavy atom. The molecular weight excluding hydrogens is 300 g/mol. The summed E-state index contributed by atoms with van der Waals surface area (Å²) in [4.78, 5) is 25.2. The van der Waals surface area contributed by atoms with Gasteiger partial charge in [-0.15, -0.1) is 0 Å². The highest BCUT2D eigenvalue weighted by molar-refractivity contribution is 5.92. The van der Waals surface area contributed by atoms with Crippen molar-refractivity contribution in [1.29, 1.82) is 0 Å². The van der Waals surface area contributed by atoms with Crippen LogP contribution in [0.1, 0.15) is 44.6 Å². The van der Waals surface area contributed by atoms with Gasteiger partial charge in [-0.05, 0) is 61.3 Å². The first-order valence-electron chi connectivity index (χ1n) is 9.19. The van der Waals surface area contributed by atoms with Crippen LogP contribution in [-0.2, 0) is 16.1 Å². The Morgan fingerprint density at radius 3 is 2.12 bits per heavy atom. The van der Waals surface area contributed by atoms with Gasteiger partial charge in [0.25, 0.3) is 0 Å². The fourth-order valence-electron chi connectivity index (χ4n) is 5.78. The first-order valence-corrected chi connectivity index (χ1v) is 9.19. The molecule has 4 fully saturated rings. The third-order valence-corrected chi connectivity index (χ3v) is 6.48. The number of carbonyl (C=O) groups excluding carboxylic acids is 2. The molecule has 0 unspecified atom stereocenters. The first-order chi connectivity index (χ1) is 11.6. The van der Waals surface area contributed by atoms with Gasteiger partial charge in [0, 0.05) is 13.5 Å². The maximum atomic E-state index is 13.2. The van der Waals surface area contributed by atoms with Gasteiger partial charge in [-0.2, -0.15) is 0 Å². The molecule has 0 saturated heterocycles. The van der Waals surface area contributed by atoms with Crippen LogP contribution in [0.2, 0.25) is 0 Å². The molecule has 0 aromatic heterocycles. The van der Waals surface area contributed by atoms with Crippen LogP contribution in [0.4, 0.5) is 0 Å². The monoisotopic (exact) mass is 326 g/mol. The standard InChI is InChI=1S/C20H26N2O2/c1-13(23)22-20(19(24)21-12-14-5-3-2-4-6-14)17-8-15-7-16(10-17)11-18(20)9-15/h2-6,15-18H,7-12H2,1H3,(H,21,24)(H,22,23). The predicted molar refractivity (Wildman–Crippen MR) is 91.9 cm³/mol. The van der Waals surface area contributed by atoms with Crippen LogP contribution in [0.3, 0.4) is 0 Å². The topological polar surface area (TPSA) is 58.2 Å². The van der Waals surface area contributed by atoms with E-state index in [1.165, 1.54) is 13.3 Å². The fraction of sp³-hybridized carbons (Fsp3) is 0.600. The number of carbonyl (C=O) groups is 2. The Labute approximate surface area is 143 Å². The van der Waals surface area contributed by atoms with Crippen LogP contribution < -0.4 is 10.6 Å². The Hall–Kier alpha value is -1.84. The molecule has 0 heterocycles. The third-order valence-electron chi connectivity index (χ3n) is 6.48. The summed E-state index contributed by atoms with van der Waals surface area (Å²) in [5, 5.41) is 6.24. The van der Waals surface area contributed by atoms with Gasteiger partial charge in [-0.1, -0.05) is 30.3 Å². The molecule has 4 nitrogen and oxygen atoms in total. The summed E-state index contributed by atoms with van der Waals surface area (Å²) in [7, 11) is 0. The van der Waals surface area contributed by atoms with E-state index in [9.17, 15) is 9.59 Å². The van der Waals surface area contributed by atoms with E-state index in [2.05, 4.69) is 10.6 Å². The van der Waals surface area contributed by atoms with Gasteiger partial charge in [-0.3, -0.25) is 9.59 Å². The quantitative estimate of drug-likeness (QED) is 0.893. The van der Waals surface area contributed by atoms with Crippen LogP contribution in [0.15, 0.2) is 30.3 Å². The molecule has 0 spiro atoms. The number of hydrogen-bond acceptors (Lipinski definition) is 2. The molecule has 0 aliphatic heterocycles. The highest BCUT2D eigenvalue weighted by Crippen LogP contribution is 2.58. The number of hydrogen-bond donors (Lipinski definition) is 2. The van der Waals surface area contributed by atoms with Gasteiger partial charge in [0.05, 0.1) is 0 Å². The summed E-state index contributed by atoms with van der Waals surface area (Å²) in [6.07, 6.45) is 5.69. The molecule has 0 atom stereocenters. The smallest absolute Gasteiger partial charge is 0.246 e. The Bertz CT molecular complexity index is 612. The molecule has 2 N–H and O–H groups in total. The van der Waals surface area contributed by atoms with Gasteiger partial charge in [0.2, 0.25) is 11.8 Å². The molecule has 4 bridgehead atoms. The van der Waals surface area contributed by atoms with Gasteiger partial charge in [0.15, 0.2) is 0 Å². The van der Waals surface area contributed by atoms with Gasteiger partial charge >= 0.3 is 0 Å². The molecular formula is C20H26N2O2. The number of rotatable bonds is 4. The van der Waals surface area contributed by atoms with Crippen molar-refractivity contribution in [2.45, 2.75) is 51.1 Å². The maximum absolute atomic E-state index is 13.2. The number of amides is 2. The summed E-state index contributed by atoms with van der Waals surface area (Å²) in [5.74, 6) is 2.06. The van der Waals surface area contributed by atoms with Crippen molar-refractivity contribution in [1.82, 2.24) is 10.6 Å². The molecule has 4 aliphatic rings. The Morgan fingerprint density at radius 2 is 1.58 bits per heavy atom. The predicted octanol–water partition coefficient (Wildman–Crippen LogP) is 2.63. The molecule has 1 aromatic rings. The van der Waals surface area contributed by atoms with Crippen LogP contribution in [0, 0.1) is 23.7 Å². The second kappa shape index (κ2) is 5.91. The minimum atomic E-state index is -0.686. The van der Waals surface area contributed by atoms with Gasteiger partial charge in [-0.25, -0.2) is 0 Å². The summed E-state index contributed by atoms with van der Waals surface area (Å²) in [6, 6.07) is 9.97. The van der Waals surface area contributed by atoms with Crippen molar-refractivity contribution >= 4 is 11.8 Å². The molecule has 2 amide bonds. The summed E-state index contributed by atoms with van der Waals surface area (Å²) < 4.78 is 0. The van der Waals surface area contributed by atoms with E-state index in [0.29, 0.717) is 18.4 Å². The summed E-state index contributed by atoms with van der Waals surface area (Å²) >= 11 is 0. The Kier molecular flexibility index (Phi) is 3.86. The molecule has 1 aromatic carbocycles. The van der Waals surface area contributed by atoms with Crippen LogP contribution >= 0.6 is 0 Å². The van der Waals surface area contributed by atoms with E-state index in [-0.39, 0.29) is 11.8 Å². The largest absolute Gasteiger partial charge is 0.350 e. The van der Waals surface area contributed by atoms with Crippen molar-refractivity contribution in [3.8, 4) is 0 Å². The second-order valence-electron chi connectivity index (χ2n) is 8.02. The molecule has 5 rings (SSSR count). The van der Waals surface area contributed by atoms with E-state index in [4.69, 9.17) is 0 Å². The number of benzene rings is 1. The zero-order valence-electron chi connectivity index (χ0n) is 14.3. The molecule has 128 valence electrons. The molecule has 4 aliphatic carbocycles. The van der Waals surface area contributed by atoms with Crippen molar-refractivity contribution in [2.75, 3.05) is 0 Å². The van der Waals surface area contributed by atoms with Crippen molar-refractivity contribution < 1.29 is 9.59 Å². The van der Waals surface area contributed by atoms with Gasteiger partial charge in [0.1, 0.15) is 5.54 Å². The van der Waals surface area contributed by atoms with Crippen molar-refractivity contribution in [3.63, 3.8) is 0 Å². The zero-order chi connectivity index (χ0) is 16.7. The Balaban J connectivity index is 1.57. The van der Waals surface area contributed by atoms with E-state index in [1.807, 2.05) is 30.3 Å². The lowest BCUT2D eigenvalue weighted by Gasteiger charge is -2.60. The lowest BCUT2D eigenvalue weighted by molar-refractivity contribution is -0.152. The number of nitrogens with one attached hydrogen (secondary N) is 2. The van der Waals surface area contributed by atoms with Crippen molar-refractivity contribution in [2.24, 2.45) is 23.7 Å². The van der Waals surface area contributed by atoms with E-state index >= 15 is 0 Å². The summed E-state index contributed by atoms with van der Waals surface area (Å²) in [5.41, 5.74) is 0.404. The lowest BCUT2D eigenvalue weighted by atomic mass is 9.48. The first kappa shape index (κ1) is 15.7. The molecule has 0 radical (unpaired) electrons. The summed E-state index contributed by atoms with van der Waals surface area (Å²) in [6.45, 7) is 2.06. The SMILES string of the molecule is CC(=O)NC1(C(=O)NCc2ccccc2)C2CC3CC(C2)CC1C3. The highest BCUT2D eigenvalue weighted by atomic mass is 16.2. The molecule has 4 heteroatoms. The fourth-order valence-corrected chi connectivity index (χ4v) is 5.78. The minimum absolute atomic E-state index is 0.0235. The van der Waals surface area contributed by atoms with Crippen LogP contribution in [-0.4, -0.2) is 17.4 Å². The average Bonchev–Trinajstić information content (AvgIpc) is 2.56. The second-order valence-corrected chi connectivity index (χ2v) is 8.02. The van der Waals surface area contributed by atoms with Crippen LogP contribution in [0.25, 0.3) is 0 Å². The van der Waals surface area contributed by atoms with E-state index in [0.717, 1.165) is 43.1 Å². The normalized spacial score (nSPS) is 36.4. The lowest BCUT2D eigenvalue weighted by Crippen LogP contribution is -2.72. The van der Waals surface area contributed by atoms with Gasteiger partial charge < -0.3 is 10.6 Å². The van der Waals surface area contributed by atoms with Crippen molar-refractivity contribution in [3.05, 3.63) is 35.9 Å². The maximum Gasteiger partial charge on any atom is 0.246 e. The highest BCUT2D eigenvalue weighted by Gasteiger charge is 2.61. The zero-order valence-corrected chi connectivity index (χ0v) is 14.3. The van der Waals surface area contributed by atoms with E-state index < -0.39 is 5.54 Å². The third kappa shape index (κ3) is 2.52. The minimum Gasteiger partial charge on any atom is -0.350 e. The van der Waals surface area contributed by atoms with E-state index in [1.54, 1.807) is 0 Å². The van der Waals surface area contributed by atoms with Crippen LogP contribution in [0.5, 0.6) is 0 Å². The molecule has 4 saturated carbocycles. The molecule has 24 heavy (non-hydrogen) atoms. The average molecular weight is 326 g/mol.